The van der Waals surface area contributed by atoms with Crippen LogP contribution in [-0.2, 0) is 0 Å². The Balaban J connectivity index is 2.42. The number of ether oxygens (including phenoxy) is 1. The van der Waals surface area contributed by atoms with Crippen LogP contribution in [0.4, 0.5) is 11.5 Å². The second-order valence-electron chi connectivity index (χ2n) is 3.36. The molecule has 3 N–H and O–H groups in total. The van der Waals surface area contributed by atoms with Crippen molar-refractivity contribution >= 4 is 11.5 Å². The van der Waals surface area contributed by atoms with E-state index in [1.54, 1.807) is 31.7 Å². The van der Waals surface area contributed by atoms with E-state index in [2.05, 4.69) is 20.3 Å². The van der Waals surface area contributed by atoms with Crippen molar-refractivity contribution in [3.05, 3.63) is 24.7 Å². The summed E-state index contributed by atoms with van der Waals surface area (Å²) in [5, 5.41) is 2.92. The Bertz CT molecular complexity index is 529. The second-order valence-corrected chi connectivity index (χ2v) is 3.36. The van der Waals surface area contributed by atoms with E-state index in [0.717, 1.165) is 5.56 Å². The van der Waals surface area contributed by atoms with E-state index in [-0.39, 0.29) is 0 Å². The average Bonchev–Trinajstić information content (AvgIpc) is 2.38. The van der Waals surface area contributed by atoms with E-state index >= 15 is 0 Å². The minimum Gasteiger partial charge on any atom is -0.480 e. The Morgan fingerprint density at radius 2 is 2.12 bits per heavy atom. The molecule has 0 aliphatic heterocycles. The Hall–Kier alpha value is -2.37. The Morgan fingerprint density at radius 3 is 2.76 bits per heavy atom. The second kappa shape index (κ2) is 4.65. The van der Waals surface area contributed by atoms with Crippen LogP contribution in [0, 0.1) is 0 Å². The fourth-order valence-electron chi connectivity index (χ4n) is 1.41. The van der Waals surface area contributed by atoms with Gasteiger partial charge in [0.2, 0.25) is 5.88 Å². The quantitative estimate of drug-likeness (QED) is 0.824. The van der Waals surface area contributed by atoms with Gasteiger partial charge in [0.05, 0.1) is 30.9 Å². The van der Waals surface area contributed by atoms with Gasteiger partial charge in [0.25, 0.3) is 0 Å². The number of nitrogens with two attached hydrogens (primary N) is 1. The number of nitrogen functional groups attached to an aromatic ring is 1. The van der Waals surface area contributed by atoms with Gasteiger partial charge in [0.15, 0.2) is 0 Å². The van der Waals surface area contributed by atoms with Gasteiger partial charge in [0.1, 0.15) is 5.82 Å². The number of nitrogens with zero attached hydrogens (tertiary/aromatic N) is 3. The van der Waals surface area contributed by atoms with Gasteiger partial charge in [-0.05, 0) is 6.07 Å². The first-order valence-corrected chi connectivity index (χ1v) is 5.04. The number of anilines is 2. The van der Waals surface area contributed by atoms with E-state index in [1.807, 2.05) is 0 Å². The molecule has 0 saturated heterocycles. The summed E-state index contributed by atoms with van der Waals surface area (Å²) >= 11 is 0. The van der Waals surface area contributed by atoms with Crippen molar-refractivity contribution in [1.29, 1.82) is 0 Å². The van der Waals surface area contributed by atoms with Gasteiger partial charge in [-0.15, -0.1) is 0 Å². The molecule has 0 amide bonds. The van der Waals surface area contributed by atoms with E-state index in [0.29, 0.717) is 23.1 Å². The van der Waals surface area contributed by atoms with E-state index in [4.69, 9.17) is 10.5 Å². The van der Waals surface area contributed by atoms with Gasteiger partial charge in [0, 0.05) is 18.8 Å². The molecule has 0 spiro atoms. The van der Waals surface area contributed by atoms with Crippen molar-refractivity contribution in [3.63, 3.8) is 0 Å². The molecule has 2 aromatic heterocycles. The van der Waals surface area contributed by atoms with E-state index in [9.17, 15) is 0 Å². The Morgan fingerprint density at radius 1 is 1.29 bits per heavy atom. The molecular formula is C11H13N5O. The summed E-state index contributed by atoms with van der Waals surface area (Å²) in [5.74, 6) is 1.10. The largest absolute Gasteiger partial charge is 0.480 e. The molecule has 88 valence electrons. The molecule has 0 aromatic carbocycles. The maximum atomic E-state index is 5.79. The highest BCUT2D eigenvalue weighted by atomic mass is 16.5. The fourth-order valence-corrected chi connectivity index (χ4v) is 1.41. The zero-order chi connectivity index (χ0) is 12.3. The summed E-state index contributed by atoms with van der Waals surface area (Å²) in [6.45, 7) is 0. The number of rotatable bonds is 3. The third-order valence-electron chi connectivity index (χ3n) is 2.26. The SMILES string of the molecule is CNc1cncc(-c2cnc(OC)c(N)c2)n1. The molecule has 0 aliphatic carbocycles. The number of aromatic nitrogens is 3. The van der Waals surface area contributed by atoms with Crippen LogP contribution in [0.1, 0.15) is 0 Å². The summed E-state index contributed by atoms with van der Waals surface area (Å²) in [4.78, 5) is 12.5. The summed E-state index contributed by atoms with van der Waals surface area (Å²) in [5.41, 5.74) is 7.77. The molecule has 0 radical (unpaired) electrons. The number of nitrogens with one attached hydrogen (secondary N) is 1. The van der Waals surface area contributed by atoms with Gasteiger partial charge in [-0.1, -0.05) is 0 Å². The van der Waals surface area contributed by atoms with Crippen molar-refractivity contribution in [2.75, 3.05) is 25.2 Å². The molecule has 0 unspecified atom stereocenters. The minimum atomic E-state index is 0.409. The number of hydrogen-bond acceptors (Lipinski definition) is 6. The normalized spacial score (nSPS) is 10.0. The van der Waals surface area contributed by atoms with Crippen molar-refractivity contribution < 1.29 is 4.74 Å². The maximum absolute atomic E-state index is 5.79. The third kappa shape index (κ3) is 2.25. The highest BCUT2D eigenvalue weighted by molar-refractivity contribution is 5.65. The highest BCUT2D eigenvalue weighted by Gasteiger charge is 2.06. The van der Waals surface area contributed by atoms with Gasteiger partial charge in [-0.2, -0.15) is 0 Å². The summed E-state index contributed by atoms with van der Waals surface area (Å²) in [7, 11) is 3.31. The molecule has 6 heteroatoms. The first kappa shape index (κ1) is 11.1. The van der Waals surface area contributed by atoms with Gasteiger partial charge in [-0.3, -0.25) is 4.98 Å². The Kier molecular flexibility index (Phi) is 3.04. The van der Waals surface area contributed by atoms with Gasteiger partial charge >= 0.3 is 0 Å². The van der Waals surface area contributed by atoms with E-state index in [1.165, 1.54) is 7.11 Å². The maximum Gasteiger partial charge on any atom is 0.236 e. The van der Waals surface area contributed by atoms with E-state index < -0.39 is 0 Å². The lowest BCUT2D eigenvalue weighted by Gasteiger charge is -2.06. The Labute approximate surface area is 98.9 Å². The number of hydrogen-bond donors (Lipinski definition) is 2. The number of pyridine rings is 1. The lowest BCUT2D eigenvalue weighted by Crippen LogP contribution is -1.98. The molecular weight excluding hydrogens is 218 g/mol. The monoisotopic (exact) mass is 231 g/mol. The molecule has 2 heterocycles. The molecule has 2 rings (SSSR count). The average molecular weight is 231 g/mol. The van der Waals surface area contributed by atoms with Crippen LogP contribution in [0.5, 0.6) is 5.88 Å². The standard InChI is InChI=1S/C11H13N5O/c1-13-10-6-14-5-9(16-10)7-3-8(12)11(17-2)15-4-7/h3-6H,12H2,1-2H3,(H,13,16). The van der Waals surface area contributed by atoms with Crippen LogP contribution < -0.4 is 15.8 Å². The van der Waals surface area contributed by atoms with Crippen LogP contribution in [0.15, 0.2) is 24.7 Å². The van der Waals surface area contributed by atoms with Crippen molar-refractivity contribution in [2.45, 2.75) is 0 Å². The van der Waals surface area contributed by atoms with Crippen LogP contribution in [0.25, 0.3) is 11.3 Å². The van der Waals surface area contributed by atoms with Crippen LogP contribution in [-0.4, -0.2) is 29.1 Å². The molecule has 2 aromatic rings. The topological polar surface area (TPSA) is 86.0 Å². The van der Waals surface area contributed by atoms with Crippen LogP contribution >= 0.6 is 0 Å². The summed E-state index contributed by atoms with van der Waals surface area (Å²) in [6, 6.07) is 1.76. The first-order chi connectivity index (χ1) is 8.24. The van der Waals surface area contributed by atoms with Crippen molar-refractivity contribution in [2.24, 2.45) is 0 Å². The minimum absolute atomic E-state index is 0.409. The smallest absolute Gasteiger partial charge is 0.236 e. The van der Waals surface area contributed by atoms with Crippen LogP contribution in [0.2, 0.25) is 0 Å². The van der Waals surface area contributed by atoms with Crippen molar-refractivity contribution in [1.82, 2.24) is 15.0 Å². The predicted octanol–water partition coefficient (Wildman–Crippen LogP) is 1.17. The zero-order valence-corrected chi connectivity index (χ0v) is 9.64. The molecule has 17 heavy (non-hydrogen) atoms. The molecule has 0 bridgehead atoms. The lowest BCUT2D eigenvalue weighted by molar-refractivity contribution is 0.400. The molecule has 0 aliphatic rings. The van der Waals surface area contributed by atoms with Gasteiger partial charge < -0.3 is 15.8 Å². The lowest BCUT2D eigenvalue weighted by atomic mass is 10.2. The van der Waals surface area contributed by atoms with Crippen LogP contribution in [0.3, 0.4) is 0 Å². The fraction of sp³-hybridized carbons (Fsp3) is 0.182. The summed E-state index contributed by atoms with van der Waals surface area (Å²) in [6.07, 6.45) is 4.95. The predicted molar refractivity (Wildman–Crippen MR) is 65.8 cm³/mol. The van der Waals surface area contributed by atoms with Crippen molar-refractivity contribution in [3.8, 4) is 17.1 Å². The van der Waals surface area contributed by atoms with Gasteiger partial charge in [-0.25, -0.2) is 9.97 Å². The number of methoxy groups -OCH3 is 1. The molecule has 0 saturated carbocycles. The first-order valence-electron chi connectivity index (χ1n) is 5.04. The summed E-state index contributed by atoms with van der Waals surface area (Å²) < 4.78 is 5.00. The molecule has 0 fully saturated rings. The molecule has 0 atom stereocenters. The zero-order valence-electron chi connectivity index (χ0n) is 9.64. The third-order valence-corrected chi connectivity index (χ3v) is 2.26. The highest BCUT2D eigenvalue weighted by Crippen LogP contribution is 2.24. The molecule has 6 nitrogen and oxygen atoms in total.